The smallest absolute Gasteiger partial charge is 0.214 e. The Morgan fingerprint density at radius 2 is 2.16 bits per heavy atom. The van der Waals surface area contributed by atoms with Gasteiger partial charge in [0.1, 0.15) is 12.4 Å². The van der Waals surface area contributed by atoms with Crippen molar-refractivity contribution in [2.75, 3.05) is 32.5 Å². The summed E-state index contributed by atoms with van der Waals surface area (Å²) >= 11 is 0. The number of nitrogens with one attached hydrogen (secondary N) is 1. The van der Waals surface area contributed by atoms with Crippen LogP contribution >= 0.6 is 0 Å². The lowest BCUT2D eigenvalue weighted by Crippen LogP contribution is -2.35. The van der Waals surface area contributed by atoms with E-state index in [2.05, 4.69) is 5.32 Å². The number of benzene rings is 1. The molecule has 0 saturated carbocycles. The van der Waals surface area contributed by atoms with Crippen LogP contribution in [0.25, 0.3) is 0 Å². The van der Waals surface area contributed by atoms with Crippen molar-refractivity contribution in [2.24, 2.45) is 0 Å². The van der Waals surface area contributed by atoms with Crippen molar-refractivity contribution < 1.29 is 13.2 Å². The van der Waals surface area contributed by atoms with E-state index in [1.54, 1.807) is 0 Å². The molecule has 0 unspecified atom stereocenters. The van der Waals surface area contributed by atoms with Crippen LogP contribution in [0.4, 0.5) is 0 Å². The summed E-state index contributed by atoms with van der Waals surface area (Å²) in [4.78, 5) is 0. The van der Waals surface area contributed by atoms with E-state index in [9.17, 15) is 8.42 Å². The first-order valence-electron chi connectivity index (χ1n) is 6.46. The maximum Gasteiger partial charge on any atom is 0.214 e. The number of para-hydroxylation sites is 1. The Labute approximate surface area is 114 Å². The average molecular weight is 284 g/mol. The maximum absolute atomic E-state index is 12.3. The molecule has 0 radical (unpaired) electrons. The van der Waals surface area contributed by atoms with Crippen molar-refractivity contribution >= 4 is 10.0 Å². The minimum absolute atomic E-state index is 0.177. The summed E-state index contributed by atoms with van der Waals surface area (Å²) in [6.45, 7) is 1.93. The van der Waals surface area contributed by atoms with Gasteiger partial charge >= 0.3 is 0 Å². The van der Waals surface area contributed by atoms with E-state index in [1.165, 1.54) is 4.31 Å². The lowest BCUT2D eigenvalue weighted by Gasteiger charge is -2.19. The van der Waals surface area contributed by atoms with E-state index in [4.69, 9.17) is 4.74 Å². The highest BCUT2D eigenvalue weighted by Gasteiger charge is 2.25. The van der Waals surface area contributed by atoms with Gasteiger partial charge < -0.3 is 10.1 Å². The lowest BCUT2D eigenvalue weighted by molar-refractivity contribution is 0.293. The van der Waals surface area contributed by atoms with Crippen LogP contribution in [0, 0.1) is 0 Å². The monoisotopic (exact) mass is 284 g/mol. The molecule has 106 valence electrons. The second kappa shape index (κ2) is 6.36. The Hall–Kier alpha value is -1.11. The van der Waals surface area contributed by atoms with Crippen molar-refractivity contribution in [3.8, 4) is 5.75 Å². The second-order valence-corrected chi connectivity index (χ2v) is 6.65. The van der Waals surface area contributed by atoms with Gasteiger partial charge in [-0.05, 0) is 26.1 Å². The van der Waals surface area contributed by atoms with Crippen LogP contribution in [-0.2, 0) is 16.6 Å². The van der Waals surface area contributed by atoms with Crippen molar-refractivity contribution in [3.63, 3.8) is 0 Å². The Bertz CT molecular complexity index is 516. The van der Waals surface area contributed by atoms with Gasteiger partial charge in [-0.2, -0.15) is 4.31 Å². The fourth-order valence-electron chi connectivity index (χ4n) is 2.10. The SMILES string of the molecule is CNCCCS(=O)(=O)N1CCOc2ccccc2C1. The molecular formula is C13H20N2O3S. The van der Waals surface area contributed by atoms with E-state index >= 15 is 0 Å². The number of ether oxygens (including phenoxy) is 1. The number of nitrogens with zero attached hydrogens (tertiary/aromatic N) is 1. The van der Waals surface area contributed by atoms with Gasteiger partial charge in [0.05, 0.1) is 5.75 Å². The summed E-state index contributed by atoms with van der Waals surface area (Å²) in [5.74, 6) is 0.964. The van der Waals surface area contributed by atoms with E-state index in [0.717, 1.165) is 11.3 Å². The normalized spacial score (nSPS) is 16.5. The number of fused-ring (bicyclic) bond motifs is 1. The molecule has 0 atom stereocenters. The van der Waals surface area contributed by atoms with Gasteiger partial charge in [0.15, 0.2) is 0 Å². The van der Waals surface area contributed by atoms with Crippen molar-refractivity contribution in [1.82, 2.24) is 9.62 Å². The van der Waals surface area contributed by atoms with Gasteiger partial charge in [0, 0.05) is 18.7 Å². The highest BCUT2D eigenvalue weighted by Crippen LogP contribution is 2.23. The molecule has 1 aromatic carbocycles. The molecule has 2 rings (SSSR count). The molecule has 0 bridgehead atoms. The summed E-state index contributed by atoms with van der Waals surface area (Å²) in [7, 11) is -1.39. The zero-order valence-corrected chi connectivity index (χ0v) is 11.9. The summed E-state index contributed by atoms with van der Waals surface area (Å²) in [6, 6.07) is 7.60. The quantitative estimate of drug-likeness (QED) is 0.813. The molecule has 0 spiro atoms. The first kappa shape index (κ1) is 14.3. The number of sulfonamides is 1. The predicted molar refractivity (Wildman–Crippen MR) is 74.7 cm³/mol. The van der Waals surface area contributed by atoms with Crippen LogP contribution in [-0.4, -0.2) is 45.2 Å². The summed E-state index contributed by atoms with van der Waals surface area (Å²) in [6.07, 6.45) is 0.623. The second-order valence-electron chi connectivity index (χ2n) is 4.56. The number of hydrogen-bond donors (Lipinski definition) is 1. The van der Waals surface area contributed by atoms with E-state index in [-0.39, 0.29) is 5.75 Å². The standard InChI is InChI=1S/C13H20N2O3S/c1-14-7-4-10-19(16,17)15-8-9-18-13-6-3-2-5-12(13)11-15/h2-3,5-6,14H,4,7-11H2,1H3. The Balaban J connectivity index is 2.09. The molecule has 0 amide bonds. The summed E-state index contributed by atoms with van der Waals surface area (Å²) in [5.41, 5.74) is 0.928. The van der Waals surface area contributed by atoms with E-state index < -0.39 is 10.0 Å². The van der Waals surface area contributed by atoms with Gasteiger partial charge in [-0.15, -0.1) is 0 Å². The number of hydrogen-bond acceptors (Lipinski definition) is 4. The first-order chi connectivity index (χ1) is 9.13. The molecule has 6 heteroatoms. The van der Waals surface area contributed by atoms with Crippen molar-refractivity contribution in [1.29, 1.82) is 0 Å². The highest BCUT2D eigenvalue weighted by molar-refractivity contribution is 7.89. The minimum atomic E-state index is -3.21. The maximum atomic E-state index is 12.3. The van der Waals surface area contributed by atoms with Gasteiger partial charge in [-0.1, -0.05) is 18.2 Å². The molecule has 1 aliphatic heterocycles. The Morgan fingerprint density at radius 3 is 2.95 bits per heavy atom. The summed E-state index contributed by atoms with van der Waals surface area (Å²) < 4.78 is 31.6. The largest absolute Gasteiger partial charge is 0.492 e. The molecule has 0 saturated heterocycles. The van der Waals surface area contributed by atoms with Gasteiger partial charge in [-0.3, -0.25) is 0 Å². The van der Waals surface area contributed by atoms with Crippen LogP contribution in [0.2, 0.25) is 0 Å². The zero-order chi connectivity index (χ0) is 13.7. The molecule has 19 heavy (non-hydrogen) atoms. The molecule has 1 heterocycles. The molecule has 5 nitrogen and oxygen atoms in total. The fourth-order valence-corrected chi connectivity index (χ4v) is 3.56. The molecule has 0 aliphatic carbocycles. The lowest BCUT2D eigenvalue weighted by atomic mass is 10.2. The highest BCUT2D eigenvalue weighted by atomic mass is 32.2. The summed E-state index contributed by atoms with van der Waals surface area (Å²) in [5, 5.41) is 2.96. The van der Waals surface area contributed by atoms with Gasteiger partial charge in [-0.25, -0.2) is 8.42 Å². The average Bonchev–Trinajstić information content (AvgIpc) is 2.61. The molecular weight excluding hydrogens is 264 g/mol. The van der Waals surface area contributed by atoms with Crippen LogP contribution in [0.1, 0.15) is 12.0 Å². The molecule has 0 fully saturated rings. The van der Waals surface area contributed by atoms with Crippen LogP contribution in [0.5, 0.6) is 5.75 Å². The Morgan fingerprint density at radius 1 is 1.37 bits per heavy atom. The van der Waals surface area contributed by atoms with E-state index in [0.29, 0.717) is 32.7 Å². The third kappa shape index (κ3) is 3.68. The van der Waals surface area contributed by atoms with Crippen LogP contribution < -0.4 is 10.1 Å². The van der Waals surface area contributed by atoms with Crippen LogP contribution in [0.3, 0.4) is 0 Å². The fraction of sp³-hybridized carbons (Fsp3) is 0.538. The number of rotatable bonds is 5. The first-order valence-corrected chi connectivity index (χ1v) is 8.07. The van der Waals surface area contributed by atoms with E-state index in [1.807, 2.05) is 31.3 Å². The minimum Gasteiger partial charge on any atom is -0.492 e. The van der Waals surface area contributed by atoms with Crippen molar-refractivity contribution in [3.05, 3.63) is 29.8 Å². The van der Waals surface area contributed by atoms with Crippen LogP contribution in [0.15, 0.2) is 24.3 Å². The van der Waals surface area contributed by atoms with Gasteiger partial charge in [0.2, 0.25) is 10.0 Å². The Kier molecular flexibility index (Phi) is 4.79. The molecule has 1 aliphatic rings. The third-order valence-corrected chi connectivity index (χ3v) is 5.04. The molecule has 0 aromatic heterocycles. The molecule has 1 N–H and O–H groups in total. The van der Waals surface area contributed by atoms with Gasteiger partial charge in [0.25, 0.3) is 0 Å². The topological polar surface area (TPSA) is 58.6 Å². The van der Waals surface area contributed by atoms with Crippen molar-refractivity contribution in [2.45, 2.75) is 13.0 Å². The predicted octanol–water partition coefficient (Wildman–Crippen LogP) is 0.820. The molecule has 1 aromatic rings. The third-order valence-electron chi connectivity index (χ3n) is 3.14. The zero-order valence-electron chi connectivity index (χ0n) is 11.1.